The van der Waals surface area contributed by atoms with E-state index in [9.17, 15) is 14.7 Å². The molecule has 0 radical (unpaired) electrons. The van der Waals surface area contributed by atoms with Gasteiger partial charge in [-0.05, 0) is 19.8 Å². The molecule has 2 aromatic rings. The number of aromatic amines is 1. The van der Waals surface area contributed by atoms with Crippen molar-refractivity contribution in [2.45, 2.75) is 38.2 Å². The van der Waals surface area contributed by atoms with Crippen molar-refractivity contribution in [2.24, 2.45) is 0 Å². The van der Waals surface area contributed by atoms with E-state index in [0.717, 1.165) is 12.8 Å². The standard InChI is InChI=1S/C14H17N3O4/c1-8-9(10-12(19)16-7-17-13(10)21-8)11(18)15-6-14(20)4-2-3-5-14/h7,20H,2-6H2,1H3,(H,15,18)(H,16,17,19). The van der Waals surface area contributed by atoms with Gasteiger partial charge in [0.2, 0.25) is 5.71 Å². The number of aromatic nitrogens is 2. The van der Waals surface area contributed by atoms with E-state index in [1.165, 1.54) is 6.33 Å². The number of nitrogens with one attached hydrogen (secondary N) is 2. The van der Waals surface area contributed by atoms with Crippen LogP contribution in [0.3, 0.4) is 0 Å². The van der Waals surface area contributed by atoms with E-state index in [1.807, 2.05) is 0 Å². The van der Waals surface area contributed by atoms with Gasteiger partial charge in [-0.25, -0.2) is 4.98 Å². The van der Waals surface area contributed by atoms with Crippen LogP contribution in [0, 0.1) is 6.92 Å². The van der Waals surface area contributed by atoms with Gasteiger partial charge in [-0.1, -0.05) is 12.8 Å². The zero-order valence-electron chi connectivity index (χ0n) is 11.7. The first-order chi connectivity index (χ1) is 10.0. The van der Waals surface area contributed by atoms with Gasteiger partial charge in [-0.3, -0.25) is 9.59 Å². The van der Waals surface area contributed by atoms with Gasteiger partial charge in [-0.15, -0.1) is 0 Å². The number of carbonyl (C=O) groups is 1. The van der Waals surface area contributed by atoms with Crippen LogP contribution in [0.1, 0.15) is 41.8 Å². The summed E-state index contributed by atoms with van der Waals surface area (Å²) in [6.07, 6.45) is 4.52. The third-order valence-corrected chi connectivity index (χ3v) is 4.01. The van der Waals surface area contributed by atoms with Gasteiger partial charge < -0.3 is 19.8 Å². The van der Waals surface area contributed by atoms with Crippen LogP contribution < -0.4 is 10.9 Å². The predicted octanol–water partition coefficient (Wildman–Crippen LogP) is 0.859. The van der Waals surface area contributed by atoms with E-state index in [1.54, 1.807) is 6.92 Å². The summed E-state index contributed by atoms with van der Waals surface area (Å²) in [7, 11) is 0. The first-order valence-corrected chi connectivity index (χ1v) is 6.97. The molecule has 1 aliphatic rings. The van der Waals surface area contributed by atoms with E-state index in [-0.39, 0.29) is 23.2 Å². The quantitative estimate of drug-likeness (QED) is 0.777. The Labute approximate surface area is 120 Å². The van der Waals surface area contributed by atoms with Gasteiger partial charge >= 0.3 is 0 Å². The monoisotopic (exact) mass is 291 g/mol. The fourth-order valence-electron chi connectivity index (χ4n) is 2.87. The Balaban J connectivity index is 1.88. The molecule has 112 valence electrons. The van der Waals surface area contributed by atoms with Crippen molar-refractivity contribution in [1.29, 1.82) is 0 Å². The smallest absolute Gasteiger partial charge is 0.262 e. The molecule has 3 rings (SSSR count). The summed E-state index contributed by atoms with van der Waals surface area (Å²) in [6, 6.07) is 0. The zero-order valence-corrected chi connectivity index (χ0v) is 11.7. The molecule has 0 atom stereocenters. The number of H-pyrrole nitrogens is 1. The Morgan fingerprint density at radius 3 is 2.95 bits per heavy atom. The van der Waals surface area contributed by atoms with E-state index >= 15 is 0 Å². The SMILES string of the molecule is Cc1oc2nc[nH]c(=O)c2c1C(=O)NCC1(O)CCCC1. The van der Waals surface area contributed by atoms with Crippen molar-refractivity contribution < 1.29 is 14.3 Å². The first kappa shape index (κ1) is 13.8. The van der Waals surface area contributed by atoms with Crippen molar-refractivity contribution >= 4 is 17.0 Å². The zero-order chi connectivity index (χ0) is 15.0. The van der Waals surface area contributed by atoms with Crippen molar-refractivity contribution in [3.05, 3.63) is 28.0 Å². The molecule has 0 aliphatic heterocycles. The second kappa shape index (κ2) is 5.00. The molecule has 1 fully saturated rings. The highest BCUT2D eigenvalue weighted by Crippen LogP contribution is 2.29. The molecular formula is C14H17N3O4. The number of nitrogens with zero attached hydrogens (tertiary/aromatic N) is 1. The summed E-state index contributed by atoms with van der Waals surface area (Å²) < 4.78 is 5.34. The number of furan rings is 1. The Morgan fingerprint density at radius 2 is 2.24 bits per heavy atom. The maximum atomic E-state index is 12.3. The minimum atomic E-state index is -0.840. The van der Waals surface area contributed by atoms with Gasteiger partial charge in [-0.2, -0.15) is 0 Å². The number of rotatable bonds is 3. The van der Waals surface area contributed by atoms with Gasteiger partial charge in [0.25, 0.3) is 11.5 Å². The fourth-order valence-corrected chi connectivity index (χ4v) is 2.87. The number of hydrogen-bond acceptors (Lipinski definition) is 5. The molecule has 0 aromatic carbocycles. The molecule has 21 heavy (non-hydrogen) atoms. The third-order valence-electron chi connectivity index (χ3n) is 4.01. The third kappa shape index (κ3) is 2.44. The van der Waals surface area contributed by atoms with Crippen LogP contribution in [0.2, 0.25) is 0 Å². The van der Waals surface area contributed by atoms with Crippen molar-refractivity contribution in [3.63, 3.8) is 0 Å². The number of aryl methyl sites for hydroxylation is 1. The Hall–Kier alpha value is -2.15. The maximum Gasteiger partial charge on any atom is 0.262 e. The van der Waals surface area contributed by atoms with Crippen LogP contribution in [0.15, 0.2) is 15.5 Å². The second-order valence-corrected chi connectivity index (χ2v) is 5.56. The molecule has 0 bridgehead atoms. The van der Waals surface area contributed by atoms with Crippen LogP contribution in [-0.4, -0.2) is 33.1 Å². The van der Waals surface area contributed by atoms with Gasteiger partial charge in [0.15, 0.2) is 0 Å². The van der Waals surface area contributed by atoms with Crippen molar-refractivity contribution in [3.8, 4) is 0 Å². The van der Waals surface area contributed by atoms with E-state index in [4.69, 9.17) is 4.42 Å². The normalized spacial score (nSPS) is 17.2. The van der Waals surface area contributed by atoms with Crippen LogP contribution in [0.25, 0.3) is 11.1 Å². The van der Waals surface area contributed by atoms with Crippen molar-refractivity contribution in [2.75, 3.05) is 6.54 Å². The first-order valence-electron chi connectivity index (χ1n) is 6.97. The number of amides is 1. The molecule has 1 amide bonds. The highest BCUT2D eigenvalue weighted by Gasteiger charge is 2.32. The second-order valence-electron chi connectivity index (χ2n) is 5.56. The summed E-state index contributed by atoms with van der Waals surface area (Å²) in [5.74, 6) is -0.0878. The molecule has 7 nitrogen and oxygen atoms in total. The molecule has 0 spiro atoms. The number of fused-ring (bicyclic) bond motifs is 1. The molecule has 7 heteroatoms. The lowest BCUT2D eigenvalue weighted by atomic mass is 10.0. The Kier molecular flexibility index (Phi) is 3.29. The number of aliphatic hydroxyl groups is 1. The largest absolute Gasteiger partial charge is 0.442 e. The van der Waals surface area contributed by atoms with E-state index in [0.29, 0.717) is 18.6 Å². The minimum Gasteiger partial charge on any atom is -0.442 e. The molecule has 3 N–H and O–H groups in total. The minimum absolute atomic E-state index is 0.140. The number of carbonyl (C=O) groups excluding carboxylic acids is 1. The lowest BCUT2D eigenvalue weighted by Crippen LogP contribution is -2.41. The summed E-state index contributed by atoms with van der Waals surface area (Å²) in [5.41, 5.74) is -0.933. The topological polar surface area (TPSA) is 108 Å². The average Bonchev–Trinajstić information content (AvgIpc) is 3.01. The lowest BCUT2D eigenvalue weighted by Gasteiger charge is -2.22. The van der Waals surface area contributed by atoms with Gasteiger partial charge in [0.1, 0.15) is 11.1 Å². The molecule has 0 saturated heterocycles. The fraction of sp³-hybridized carbons (Fsp3) is 0.500. The summed E-state index contributed by atoms with van der Waals surface area (Å²) in [6.45, 7) is 1.79. The van der Waals surface area contributed by atoms with Gasteiger partial charge in [0, 0.05) is 6.54 Å². The van der Waals surface area contributed by atoms with Gasteiger partial charge in [0.05, 0.1) is 17.5 Å². The van der Waals surface area contributed by atoms with Crippen molar-refractivity contribution in [1.82, 2.24) is 15.3 Å². The Bertz CT molecular complexity index is 740. The molecule has 0 unspecified atom stereocenters. The summed E-state index contributed by atoms with van der Waals surface area (Å²) in [4.78, 5) is 30.5. The molecule has 2 heterocycles. The lowest BCUT2D eigenvalue weighted by molar-refractivity contribution is 0.0449. The molecule has 1 aliphatic carbocycles. The van der Waals surface area contributed by atoms with Crippen LogP contribution in [0.5, 0.6) is 0 Å². The number of hydrogen-bond donors (Lipinski definition) is 3. The summed E-state index contributed by atoms with van der Waals surface area (Å²) in [5, 5.41) is 13.1. The molecule has 2 aromatic heterocycles. The van der Waals surface area contributed by atoms with E-state index < -0.39 is 17.1 Å². The average molecular weight is 291 g/mol. The highest BCUT2D eigenvalue weighted by atomic mass is 16.3. The van der Waals surface area contributed by atoms with Crippen LogP contribution in [-0.2, 0) is 0 Å². The van der Waals surface area contributed by atoms with Crippen LogP contribution in [0.4, 0.5) is 0 Å². The molecule has 1 saturated carbocycles. The predicted molar refractivity (Wildman–Crippen MR) is 75.1 cm³/mol. The Morgan fingerprint density at radius 1 is 1.52 bits per heavy atom. The maximum absolute atomic E-state index is 12.3. The highest BCUT2D eigenvalue weighted by molar-refractivity contribution is 6.06. The van der Waals surface area contributed by atoms with Crippen LogP contribution >= 0.6 is 0 Å². The molecular weight excluding hydrogens is 274 g/mol. The summed E-state index contributed by atoms with van der Waals surface area (Å²) >= 11 is 0. The van der Waals surface area contributed by atoms with E-state index in [2.05, 4.69) is 15.3 Å².